The van der Waals surface area contributed by atoms with E-state index in [0.717, 1.165) is 15.9 Å². The van der Waals surface area contributed by atoms with Gasteiger partial charge in [0.2, 0.25) is 0 Å². The van der Waals surface area contributed by atoms with Crippen LogP contribution in [-0.2, 0) is 32.6 Å². The van der Waals surface area contributed by atoms with E-state index in [1.54, 1.807) is 0 Å². The molecule has 2 radical (unpaired) electrons. The number of halogens is 2. The van der Waals surface area contributed by atoms with Crippen LogP contribution in [0.3, 0.4) is 0 Å². The van der Waals surface area contributed by atoms with E-state index in [0.29, 0.717) is 5.92 Å². The Morgan fingerprint density at radius 2 is 1.59 bits per heavy atom. The van der Waals surface area contributed by atoms with Crippen molar-refractivity contribution in [2.45, 2.75) is 47.2 Å². The van der Waals surface area contributed by atoms with Gasteiger partial charge >= 0.3 is 26.2 Å². The van der Waals surface area contributed by atoms with Crippen molar-refractivity contribution in [1.29, 1.82) is 0 Å². The minimum Gasteiger partial charge on any atom is -1.00 e. The number of allylic oxidation sites excluding steroid dienone is 4. The molecule has 2 aliphatic rings. The predicted molar refractivity (Wildman–Crippen MR) is 117 cm³/mol. The zero-order valence-electron chi connectivity index (χ0n) is 18.2. The number of fused-ring (bicyclic) bond motifs is 3. The third-order valence-corrected chi connectivity index (χ3v) is 5.11. The molecule has 0 N–H and O–H groups in total. The number of rotatable bonds is 1. The first-order chi connectivity index (χ1) is 12.3. The summed E-state index contributed by atoms with van der Waals surface area (Å²) >= 11 is 0. The largest absolute Gasteiger partial charge is 3.00 e. The Hall–Kier alpha value is -0.400. The fourth-order valence-electron chi connectivity index (χ4n) is 3.72. The molecular formula is C25H30Cl2SiZr. The van der Waals surface area contributed by atoms with Gasteiger partial charge < -0.3 is 24.8 Å². The third kappa shape index (κ3) is 6.30. The van der Waals surface area contributed by atoms with Crippen LogP contribution < -0.4 is 24.8 Å². The van der Waals surface area contributed by atoms with Gasteiger partial charge in [-0.15, -0.1) is 34.9 Å². The van der Waals surface area contributed by atoms with E-state index in [2.05, 4.69) is 95.4 Å². The molecule has 4 rings (SSSR count). The van der Waals surface area contributed by atoms with Crippen LogP contribution in [0.15, 0.2) is 54.1 Å². The van der Waals surface area contributed by atoms with Crippen LogP contribution in [0.4, 0.5) is 0 Å². The molecular weight excluding hydrogens is 490 g/mol. The van der Waals surface area contributed by atoms with Crippen LogP contribution in [-0.4, -0.2) is 9.52 Å². The van der Waals surface area contributed by atoms with Gasteiger partial charge in [0.1, 0.15) is 0 Å². The molecule has 1 unspecified atom stereocenters. The van der Waals surface area contributed by atoms with Gasteiger partial charge in [0, 0.05) is 9.52 Å². The van der Waals surface area contributed by atoms with E-state index in [1.807, 2.05) is 0 Å². The molecule has 1 atom stereocenters. The Bertz CT molecular complexity index is 879. The maximum atomic E-state index is 3.71. The van der Waals surface area contributed by atoms with E-state index < -0.39 is 0 Å². The molecule has 0 aliphatic heterocycles. The van der Waals surface area contributed by atoms with Crippen molar-refractivity contribution >= 4 is 15.1 Å². The summed E-state index contributed by atoms with van der Waals surface area (Å²) in [4.78, 5) is 0. The summed E-state index contributed by atoms with van der Waals surface area (Å²) in [7, 11) is 0.750. The Balaban J connectivity index is 0.00000123. The van der Waals surface area contributed by atoms with Gasteiger partial charge in [-0.2, -0.15) is 0 Å². The molecule has 4 heteroatoms. The quantitative estimate of drug-likeness (QED) is 0.326. The second-order valence-electron chi connectivity index (χ2n) is 8.44. The molecule has 0 saturated heterocycles. The fourth-order valence-corrected chi connectivity index (χ4v) is 3.72. The van der Waals surface area contributed by atoms with Crippen molar-refractivity contribution in [3.8, 4) is 11.1 Å². The summed E-state index contributed by atoms with van der Waals surface area (Å²) in [6.07, 6.45) is 5.80. The second-order valence-corrected chi connectivity index (χ2v) is 9.59. The van der Waals surface area contributed by atoms with Crippen molar-refractivity contribution in [1.82, 2.24) is 0 Å². The average Bonchev–Trinajstić information content (AvgIpc) is 3.15. The maximum absolute atomic E-state index is 3.71. The van der Waals surface area contributed by atoms with Crippen molar-refractivity contribution in [3.05, 3.63) is 76.9 Å². The van der Waals surface area contributed by atoms with E-state index in [9.17, 15) is 0 Å². The van der Waals surface area contributed by atoms with E-state index in [-0.39, 0.29) is 56.4 Å². The summed E-state index contributed by atoms with van der Waals surface area (Å²) in [5.74, 6) is 0.474. The van der Waals surface area contributed by atoms with Gasteiger partial charge in [-0.3, -0.25) is 0 Å². The summed E-state index contributed by atoms with van der Waals surface area (Å²) in [5.41, 5.74) is 9.85. The zero-order valence-corrected chi connectivity index (χ0v) is 23.4. The Morgan fingerprint density at radius 3 is 2.17 bits per heavy atom. The minimum atomic E-state index is 0. The molecule has 0 bridgehead atoms. The van der Waals surface area contributed by atoms with Crippen molar-refractivity contribution in [2.24, 2.45) is 11.3 Å². The molecule has 2 aromatic rings. The maximum Gasteiger partial charge on any atom is 3.00 e. The van der Waals surface area contributed by atoms with Gasteiger partial charge in [-0.25, -0.2) is 0 Å². The minimum absolute atomic E-state index is 0. The first-order valence-corrected chi connectivity index (χ1v) is 12.0. The first-order valence-electron chi connectivity index (χ1n) is 9.67. The van der Waals surface area contributed by atoms with Crippen LogP contribution in [0, 0.1) is 17.4 Å². The molecule has 2 aliphatic carbocycles. The summed E-state index contributed by atoms with van der Waals surface area (Å²) in [6.45, 7) is 13.6. The van der Waals surface area contributed by atoms with Gasteiger partial charge in [-0.05, 0) is 23.3 Å². The number of hydrogen-bond acceptors (Lipinski definition) is 0. The molecule has 0 amide bonds. The molecule has 0 heterocycles. The van der Waals surface area contributed by atoms with E-state index in [1.165, 1.54) is 39.0 Å². The van der Waals surface area contributed by atoms with Gasteiger partial charge in [-0.1, -0.05) is 93.9 Å². The Kier molecular flexibility index (Phi) is 11.7. The average molecular weight is 521 g/mol. The second kappa shape index (κ2) is 11.8. The predicted octanol–water partition coefficient (Wildman–Crippen LogP) is 0.588. The molecule has 2 aromatic carbocycles. The van der Waals surface area contributed by atoms with Crippen molar-refractivity contribution in [2.75, 3.05) is 0 Å². The molecule has 0 aromatic heterocycles. The van der Waals surface area contributed by atoms with Crippen LogP contribution in [0.25, 0.3) is 16.7 Å². The fraction of sp³-hybridized carbons (Fsp3) is 0.360. The molecule has 0 spiro atoms. The van der Waals surface area contributed by atoms with Crippen molar-refractivity contribution in [3.63, 3.8) is 0 Å². The van der Waals surface area contributed by atoms with Crippen LogP contribution in [0.1, 0.15) is 44.4 Å². The molecule has 0 nitrogen and oxygen atoms in total. The van der Waals surface area contributed by atoms with Crippen LogP contribution >= 0.6 is 0 Å². The molecule has 29 heavy (non-hydrogen) atoms. The Morgan fingerprint density at radius 1 is 0.966 bits per heavy atom. The zero-order chi connectivity index (χ0) is 18.9. The van der Waals surface area contributed by atoms with Gasteiger partial charge in [0.15, 0.2) is 0 Å². The monoisotopic (exact) mass is 518 g/mol. The van der Waals surface area contributed by atoms with Crippen LogP contribution in [0.2, 0.25) is 13.1 Å². The summed E-state index contributed by atoms with van der Waals surface area (Å²) < 4.78 is 0. The molecule has 0 fully saturated rings. The topological polar surface area (TPSA) is 0 Å². The van der Waals surface area contributed by atoms with E-state index in [4.69, 9.17) is 0 Å². The van der Waals surface area contributed by atoms with E-state index >= 15 is 0 Å². The van der Waals surface area contributed by atoms with Crippen LogP contribution in [0.5, 0.6) is 0 Å². The Labute approximate surface area is 211 Å². The first kappa shape index (κ1) is 28.6. The summed E-state index contributed by atoms with van der Waals surface area (Å²) in [6, 6.07) is 17.0. The number of benzene rings is 2. The van der Waals surface area contributed by atoms with Crippen molar-refractivity contribution < 1.29 is 51.0 Å². The SMILES string of the molecule is CC1C=C(C(C)(C)C)C=C1c1[c-]c2c(cc1)-c1ccccc1C2.C[SiH]C.[Cl-].[Cl-].[Zr+3]. The number of hydrogen-bond donors (Lipinski definition) is 0. The molecule has 152 valence electrons. The normalized spacial score (nSPS) is 15.9. The van der Waals surface area contributed by atoms with Gasteiger partial charge in [0.05, 0.1) is 0 Å². The smallest absolute Gasteiger partial charge is 1.00 e. The standard InChI is InChI=1S/C23H23.C2H7Si.2ClH.Zr/c1-15-11-19(23(2,3)4)14-22(15)17-9-10-21-18(13-17)12-16-7-5-6-8-20(16)21;1-3-2;;;/h5-11,14-15H,12H2,1-4H3;3H,1-2H3;2*1H;/q-1;;;;+3/p-2. The molecule has 0 saturated carbocycles. The van der Waals surface area contributed by atoms with Gasteiger partial charge in [0.25, 0.3) is 0 Å². The summed E-state index contributed by atoms with van der Waals surface area (Å²) in [5, 5.41) is 0. The third-order valence-electron chi connectivity index (χ3n) is 5.11.